The first kappa shape index (κ1) is 11.7. The molecule has 1 aliphatic heterocycles. The molecule has 1 fully saturated rings. The number of ether oxygens (including phenoxy) is 2. The molecule has 0 saturated heterocycles. The number of methoxy groups -OCH3 is 1. The number of carbonyl (C=O) groups excluding carboxylic acids is 1. The zero-order chi connectivity index (χ0) is 12.6. The van der Waals surface area contributed by atoms with Gasteiger partial charge in [0.15, 0.2) is 5.78 Å². The van der Waals surface area contributed by atoms with Crippen molar-refractivity contribution in [2.24, 2.45) is 0 Å². The summed E-state index contributed by atoms with van der Waals surface area (Å²) in [7, 11) is 1.65. The molecule has 3 rings (SSSR count). The van der Waals surface area contributed by atoms with Crippen LogP contribution in [0.25, 0.3) is 0 Å². The largest absolute Gasteiger partial charge is 0.493 e. The van der Waals surface area contributed by atoms with Gasteiger partial charge in [-0.1, -0.05) is 0 Å². The van der Waals surface area contributed by atoms with Gasteiger partial charge in [-0.25, -0.2) is 0 Å². The van der Waals surface area contributed by atoms with Crippen LogP contribution in [0.5, 0.6) is 5.75 Å². The molecule has 1 aliphatic carbocycles. The molecule has 96 valence electrons. The van der Waals surface area contributed by atoms with Crippen molar-refractivity contribution in [3.8, 4) is 5.75 Å². The summed E-state index contributed by atoms with van der Waals surface area (Å²) < 4.78 is 11.0. The third-order valence-electron chi connectivity index (χ3n) is 4.17. The molecule has 1 aromatic carbocycles. The molecule has 0 unspecified atom stereocenters. The van der Waals surface area contributed by atoms with E-state index in [1.165, 1.54) is 0 Å². The summed E-state index contributed by atoms with van der Waals surface area (Å²) in [6.45, 7) is 0.725. The van der Waals surface area contributed by atoms with E-state index in [2.05, 4.69) is 0 Å². The van der Waals surface area contributed by atoms with Crippen molar-refractivity contribution in [3.05, 3.63) is 29.3 Å². The summed E-state index contributed by atoms with van der Waals surface area (Å²) in [4.78, 5) is 12.6. The lowest BCUT2D eigenvalue weighted by Crippen LogP contribution is -2.37. The van der Waals surface area contributed by atoms with Crippen LogP contribution < -0.4 is 4.74 Å². The molecule has 0 atom stereocenters. The second kappa shape index (κ2) is 4.39. The number of benzene rings is 1. The van der Waals surface area contributed by atoms with Gasteiger partial charge in [-0.3, -0.25) is 4.79 Å². The van der Waals surface area contributed by atoms with E-state index in [0.717, 1.165) is 55.6 Å². The maximum Gasteiger partial charge on any atom is 0.194 e. The van der Waals surface area contributed by atoms with Crippen LogP contribution in [-0.2, 0) is 11.2 Å². The minimum atomic E-state index is -0.576. The molecule has 0 spiro atoms. The topological polar surface area (TPSA) is 35.5 Å². The van der Waals surface area contributed by atoms with Crippen LogP contribution in [0.1, 0.15) is 41.6 Å². The van der Waals surface area contributed by atoms with E-state index in [1.807, 2.05) is 18.2 Å². The summed E-state index contributed by atoms with van der Waals surface area (Å²) in [6.07, 6.45) is 4.74. The van der Waals surface area contributed by atoms with Crippen LogP contribution in [-0.4, -0.2) is 25.1 Å². The fraction of sp³-hybridized carbons (Fsp3) is 0.533. The predicted octanol–water partition coefficient (Wildman–Crippen LogP) is 2.76. The van der Waals surface area contributed by atoms with Crippen molar-refractivity contribution >= 4 is 5.78 Å². The molecule has 0 aromatic heterocycles. The quantitative estimate of drug-likeness (QED) is 0.769. The predicted molar refractivity (Wildman–Crippen MR) is 68.2 cm³/mol. The molecule has 0 bridgehead atoms. The van der Waals surface area contributed by atoms with Gasteiger partial charge >= 0.3 is 0 Å². The van der Waals surface area contributed by atoms with Crippen LogP contribution in [0.15, 0.2) is 18.2 Å². The average molecular weight is 246 g/mol. The van der Waals surface area contributed by atoms with Gasteiger partial charge in [0.25, 0.3) is 0 Å². The molecule has 3 heteroatoms. The first-order valence-electron chi connectivity index (χ1n) is 6.61. The molecule has 2 aliphatic rings. The summed E-state index contributed by atoms with van der Waals surface area (Å²) in [6, 6.07) is 5.75. The Morgan fingerprint density at radius 2 is 2.11 bits per heavy atom. The Balaban J connectivity index is 1.92. The molecular weight excluding hydrogens is 228 g/mol. The normalized spacial score (nSPS) is 20.5. The van der Waals surface area contributed by atoms with Gasteiger partial charge < -0.3 is 9.47 Å². The highest BCUT2D eigenvalue weighted by molar-refractivity contribution is 6.03. The number of carbonyl (C=O) groups is 1. The van der Waals surface area contributed by atoms with Crippen molar-refractivity contribution in [2.45, 2.75) is 37.7 Å². The second-order valence-corrected chi connectivity index (χ2v) is 5.16. The molecule has 1 aromatic rings. The zero-order valence-electron chi connectivity index (χ0n) is 10.7. The fourth-order valence-corrected chi connectivity index (χ4v) is 3.06. The minimum absolute atomic E-state index is 0.136. The van der Waals surface area contributed by atoms with Crippen molar-refractivity contribution in [1.82, 2.24) is 0 Å². The van der Waals surface area contributed by atoms with Gasteiger partial charge in [0, 0.05) is 19.1 Å². The number of hydrogen-bond acceptors (Lipinski definition) is 3. The second-order valence-electron chi connectivity index (χ2n) is 5.16. The number of ketones is 1. The zero-order valence-corrected chi connectivity index (χ0v) is 10.7. The Labute approximate surface area is 107 Å². The number of rotatable bonds is 3. The Kier molecular flexibility index (Phi) is 2.86. The average Bonchev–Trinajstić information content (AvgIpc) is 3.06. The fourth-order valence-electron chi connectivity index (χ4n) is 3.06. The highest BCUT2D eigenvalue weighted by atomic mass is 16.5. The van der Waals surface area contributed by atoms with E-state index in [9.17, 15) is 4.79 Å². The van der Waals surface area contributed by atoms with Gasteiger partial charge in [-0.15, -0.1) is 0 Å². The molecular formula is C15H18O3. The number of hydrogen-bond donors (Lipinski definition) is 0. The summed E-state index contributed by atoms with van der Waals surface area (Å²) >= 11 is 0. The van der Waals surface area contributed by atoms with Gasteiger partial charge in [0.2, 0.25) is 0 Å². The first-order valence-corrected chi connectivity index (χ1v) is 6.61. The van der Waals surface area contributed by atoms with E-state index in [-0.39, 0.29) is 5.78 Å². The van der Waals surface area contributed by atoms with Crippen molar-refractivity contribution in [3.63, 3.8) is 0 Å². The lowest BCUT2D eigenvalue weighted by Gasteiger charge is -2.25. The third kappa shape index (κ3) is 1.74. The van der Waals surface area contributed by atoms with Gasteiger partial charge in [0.1, 0.15) is 11.4 Å². The van der Waals surface area contributed by atoms with E-state index in [4.69, 9.17) is 9.47 Å². The number of Topliss-reactive ketones (excluding diaryl/α,β-unsaturated/α-hetero) is 1. The molecule has 18 heavy (non-hydrogen) atoms. The van der Waals surface area contributed by atoms with Crippen LogP contribution in [0.3, 0.4) is 0 Å². The van der Waals surface area contributed by atoms with Crippen molar-refractivity contribution in [1.29, 1.82) is 0 Å². The van der Waals surface area contributed by atoms with Crippen LogP contribution in [0.2, 0.25) is 0 Å². The Morgan fingerprint density at radius 1 is 1.33 bits per heavy atom. The summed E-state index contributed by atoms with van der Waals surface area (Å²) in [5.41, 5.74) is 1.33. The molecule has 0 amide bonds. The highest BCUT2D eigenvalue weighted by Crippen LogP contribution is 2.36. The molecule has 1 saturated carbocycles. The lowest BCUT2D eigenvalue weighted by molar-refractivity contribution is 0.00602. The first-order chi connectivity index (χ1) is 8.75. The third-order valence-corrected chi connectivity index (χ3v) is 4.17. The maximum absolute atomic E-state index is 12.6. The summed E-state index contributed by atoms with van der Waals surface area (Å²) in [5, 5.41) is 0. The Morgan fingerprint density at radius 3 is 2.83 bits per heavy atom. The van der Waals surface area contributed by atoms with Crippen molar-refractivity contribution in [2.75, 3.05) is 13.7 Å². The van der Waals surface area contributed by atoms with Gasteiger partial charge in [-0.2, -0.15) is 0 Å². The van der Waals surface area contributed by atoms with E-state index >= 15 is 0 Å². The summed E-state index contributed by atoms with van der Waals surface area (Å²) in [5.74, 6) is 1.06. The highest BCUT2D eigenvalue weighted by Gasteiger charge is 2.41. The van der Waals surface area contributed by atoms with E-state index < -0.39 is 5.60 Å². The standard InChI is InChI=1S/C15H18O3/c1-17-15(7-2-3-8-15)14(16)12-4-5-13-11(10-12)6-9-18-13/h4-5,10H,2-3,6-9H2,1H3. The molecule has 0 N–H and O–H groups in total. The van der Waals surface area contributed by atoms with E-state index in [1.54, 1.807) is 7.11 Å². The van der Waals surface area contributed by atoms with Gasteiger partial charge in [-0.05, 0) is 49.4 Å². The smallest absolute Gasteiger partial charge is 0.194 e. The van der Waals surface area contributed by atoms with E-state index in [0.29, 0.717) is 0 Å². The van der Waals surface area contributed by atoms with Gasteiger partial charge in [0.05, 0.1) is 6.61 Å². The Hall–Kier alpha value is -1.35. The molecule has 1 heterocycles. The number of fused-ring (bicyclic) bond motifs is 1. The maximum atomic E-state index is 12.6. The Bertz CT molecular complexity index is 473. The molecule has 0 radical (unpaired) electrons. The van der Waals surface area contributed by atoms with Crippen molar-refractivity contribution < 1.29 is 14.3 Å². The lowest BCUT2D eigenvalue weighted by atomic mass is 9.90. The minimum Gasteiger partial charge on any atom is -0.493 e. The van der Waals surface area contributed by atoms with Crippen LogP contribution >= 0.6 is 0 Å². The van der Waals surface area contributed by atoms with Crippen LogP contribution in [0, 0.1) is 0 Å². The molecule has 3 nitrogen and oxygen atoms in total. The van der Waals surface area contributed by atoms with Crippen LogP contribution in [0.4, 0.5) is 0 Å². The monoisotopic (exact) mass is 246 g/mol. The SMILES string of the molecule is COC1(C(=O)c2ccc3c(c2)CCO3)CCCC1.